The summed E-state index contributed by atoms with van der Waals surface area (Å²) in [6.45, 7) is 7.34. The number of carbonyl (C=O) groups excluding carboxylic acids is 1. The Hall–Kier alpha value is -1.26. The lowest BCUT2D eigenvalue weighted by Crippen LogP contribution is -2.40. The van der Waals surface area contributed by atoms with Gasteiger partial charge in [0, 0.05) is 29.8 Å². The minimum Gasteiger partial charge on any atom is -0.362 e. The van der Waals surface area contributed by atoms with Crippen LogP contribution in [-0.2, 0) is 11.3 Å². The zero-order valence-corrected chi connectivity index (χ0v) is 12.5. The lowest BCUT2D eigenvalue weighted by atomic mass is 10.1. The highest BCUT2D eigenvalue weighted by molar-refractivity contribution is 6.30. The number of hydrogen-bond donors (Lipinski definition) is 2. The molecule has 0 aliphatic rings. The van der Waals surface area contributed by atoms with Gasteiger partial charge in [0.1, 0.15) is 0 Å². The standard InChI is InChI=1S/C14H22ClN3O/c1-4-18(9-14(19)17-10(2)3)13-7-12(15)6-5-11(13)8-16/h5-7,10H,4,8-9,16H2,1-3H3,(H,17,19). The molecule has 0 aromatic heterocycles. The highest BCUT2D eigenvalue weighted by Crippen LogP contribution is 2.24. The number of nitrogens with two attached hydrogens (primary N) is 1. The quantitative estimate of drug-likeness (QED) is 0.841. The first-order chi connectivity index (χ1) is 8.97. The molecule has 0 unspecified atom stereocenters. The Morgan fingerprint density at radius 1 is 1.47 bits per heavy atom. The van der Waals surface area contributed by atoms with Gasteiger partial charge in [-0.25, -0.2) is 0 Å². The second kappa shape index (κ2) is 7.36. The van der Waals surface area contributed by atoms with E-state index in [0.717, 1.165) is 17.8 Å². The van der Waals surface area contributed by atoms with Gasteiger partial charge >= 0.3 is 0 Å². The minimum absolute atomic E-state index is 0.000188. The zero-order valence-electron chi connectivity index (χ0n) is 11.7. The van der Waals surface area contributed by atoms with Crippen LogP contribution in [0, 0.1) is 0 Å². The molecule has 0 aliphatic heterocycles. The van der Waals surface area contributed by atoms with E-state index in [1.54, 1.807) is 0 Å². The van der Waals surface area contributed by atoms with Crippen LogP contribution in [0.3, 0.4) is 0 Å². The fourth-order valence-corrected chi connectivity index (χ4v) is 2.08. The molecule has 0 saturated heterocycles. The van der Waals surface area contributed by atoms with E-state index in [9.17, 15) is 4.79 Å². The molecule has 1 aromatic carbocycles. The first kappa shape index (κ1) is 15.8. The van der Waals surface area contributed by atoms with Crippen LogP contribution in [0.1, 0.15) is 26.3 Å². The SMILES string of the molecule is CCN(CC(=O)NC(C)C)c1cc(Cl)ccc1CN. The molecule has 0 aliphatic carbocycles. The molecule has 3 N–H and O–H groups in total. The van der Waals surface area contributed by atoms with Crippen LogP contribution in [0.2, 0.25) is 5.02 Å². The predicted octanol–water partition coefficient (Wildman–Crippen LogP) is 2.15. The van der Waals surface area contributed by atoms with E-state index in [-0.39, 0.29) is 11.9 Å². The van der Waals surface area contributed by atoms with Crippen LogP contribution < -0.4 is 16.0 Å². The summed E-state index contributed by atoms with van der Waals surface area (Å²) in [5.41, 5.74) is 7.65. The number of carbonyl (C=O) groups is 1. The van der Waals surface area contributed by atoms with Gasteiger partial charge in [-0.15, -0.1) is 0 Å². The van der Waals surface area contributed by atoms with Gasteiger partial charge < -0.3 is 16.0 Å². The third-order valence-corrected chi connectivity index (χ3v) is 3.01. The molecular weight excluding hydrogens is 262 g/mol. The van der Waals surface area contributed by atoms with Crippen molar-refractivity contribution in [2.24, 2.45) is 5.73 Å². The molecule has 0 atom stereocenters. The number of hydrogen-bond acceptors (Lipinski definition) is 3. The Kier molecular flexibility index (Phi) is 6.12. The molecule has 106 valence electrons. The monoisotopic (exact) mass is 283 g/mol. The van der Waals surface area contributed by atoms with Gasteiger partial charge in [-0.3, -0.25) is 4.79 Å². The maximum absolute atomic E-state index is 11.9. The molecule has 4 nitrogen and oxygen atoms in total. The van der Waals surface area contributed by atoms with Crippen molar-refractivity contribution < 1.29 is 4.79 Å². The van der Waals surface area contributed by atoms with Gasteiger partial charge in [0.05, 0.1) is 6.54 Å². The number of benzene rings is 1. The van der Waals surface area contributed by atoms with Crippen molar-refractivity contribution in [3.63, 3.8) is 0 Å². The maximum Gasteiger partial charge on any atom is 0.239 e. The normalized spacial score (nSPS) is 10.6. The summed E-state index contributed by atoms with van der Waals surface area (Å²) in [6.07, 6.45) is 0. The summed E-state index contributed by atoms with van der Waals surface area (Å²) in [4.78, 5) is 13.8. The Balaban J connectivity index is 2.90. The lowest BCUT2D eigenvalue weighted by molar-refractivity contribution is -0.120. The number of likely N-dealkylation sites (N-methyl/N-ethyl adjacent to an activating group) is 1. The smallest absolute Gasteiger partial charge is 0.239 e. The summed E-state index contributed by atoms with van der Waals surface area (Å²) in [6, 6.07) is 5.71. The van der Waals surface area contributed by atoms with Gasteiger partial charge in [-0.05, 0) is 38.5 Å². The van der Waals surface area contributed by atoms with Crippen molar-refractivity contribution in [3.05, 3.63) is 28.8 Å². The Bertz CT molecular complexity index is 435. The fraction of sp³-hybridized carbons (Fsp3) is 0.500. The Morgan fingerprint density at radius 3 is 2.68 bits per heavy atom. The summed E-state index contributed by atoms with van der Waals surface area (Å²) >= 11 is 6.03. The van der Waals surface area contributed by atoms with Crippen molar-refractivity contribution in [1.82, 2.24) is 5.32 Å². The number of anilines is 1. The third-order valence-electron chi connectivity index (χ3n) is 2.77. The van der Waals surface area contributed by atoms with Gasteiger partial charge in [0.15, 0.2) is 0 Å². The van der Waals surface area contributed by atoms with Crippen LogP contribution in [0.4, 0.5) is 5.69 Å². The average molecular weight is 284 g/mol. The van der Waals surface area contributed by atoms with Crippen LogP contribution >= 0.6 is 11.6 Å². The second-order valence-electron chi connectivity index (χ2n) is 4.71. The van der Waals surface area contributed by atoms with Crippen LogP contribution in [0.5, 0.6) is 0 Å². The first-order valence-corrected chi connectivity index (χ1v) is 6.88. The molecular formula is C14H22ClN3O. The highest BCUT2D eigenvalue weighted by atomic mass is 35.5. The van der Waals surface area contributed by atoms with E-state index in [1.807, 2.05) is 43.9 Å². The number of rotatable bonds is 6. The van der Waals surface area contributed by atoms with E-state index in [0.29, 0.717) is 18.1 Å². The first-order valence-electron chi connectivity index (χ1n) is 6.50. The zero-order chi connectivity index (χ0) is 14.4. The van der Waals surface area contributed by atoms with Crippen molar-refractivity contribution in [1.29, 1.82) is 0 Å². The molecule has 1 amide bonds. The molecule has 0 fully saturated rings. The Labute approximate surface area is 119 Å². The molecule has 0 radical (unpaired) electrons. The molecule has 0 spiro atoms. The summed E-state index contributed by atoms with van der Waals surface area (Å²) in [7, 11) is 0. The predicted molar refractivity (Wildman–Crippen MR) is 80.5 cm³/mol. The number of nitrogens with one attached hydrogen (secondary N) is 1. The van der Waals surface area contributed by atoms with Crippen molar-refractivity contribution in [2.45, 2.75) is 33.4 Å². The van der Waals surface area contributed by atoms with Crippen LogP contribution in [0.15, 0.2) is 18.2 Å². The number of halogens is 1. The van der Waals surface area contributed by atoms with Crippen LogP contribution in [-0.4, -0.2) is 25.0 Å². The van der Waals surface area contributed by atoms with Crippen molar-refractivity contribution in [3.8, 4) is 0 Å². The molecule has 0 bridgehead atoms. The highest BCUT2D eigenvalue weighted by Gasteiger charge is 2.14. The molecule has 19 heavy (non-hydrogen) atoms. The molecule has 1 aromatic rings. The van der Waals surface area contributed by atoms with Gasteiger partial charge in [0.2, 0.25) is 5.91 Å². The summed E-state index contributed by atoms with van der Waals surface area (Å²) in [5.74, 6) is -0.000188. The number of nitrogens with zero attached hydrogens (tertiary/aromatic N) is 1. The molecule has 0 saturated carbocycles. The largest absolute Gasteiger partial charge is 0.362 e. The number of amides is 1. The molecule has 0 heterocycles. The average Bonchev–Trinajstić information content (AvgIpc) is 2.35. The van der Waals surface area contributed by atoms with E-state index >= 15 is 0 Å². The summed E-state index contributed by atoms with van der Waals surface area (Å²) in [5, 5.41) is 3.53. The maximum atomic E-state index is 11.9. The van der Waals surface area contributed by atoms with Gasteiger partial charge in [0.25, 0.3) is 0 Å². The van der Waals surface area contributed by atoms with E-state index in [2.05, 4.69) is 5.32 Å². The van der Waals surface area contributed by atoms with Gasteiger partial charge in [-0.1, -0.05) is 17.7 Å². The fourth-order valence-electron chi connectivity index (χ4n) is 1.91. The Morgan fingerprint density at radius 2 is 2.16 bits per heavy atom. The topological polar surface area (TPSA) is 58.4 Å². The van der Waals surface area contributed by atoms with Crippen molar-refractivity contribution >= 4 is 23.2 Å². The van der Waals surface area contributed by atoms with Crippen molar-refractivity contribution in [2.75, 3.05) is 18.0 Å². The molecule has 1 rings (SSSR count). The van der Waals surface area contributed by atoms with E-state index in [1.165, 1.54) is 0 Å². The van der Waals surface area contributed by atoms with E-state index < -0.39 is 0 Å². The summed E-state index contributed by atoms with van der Waals surface area (Å²) < 4.78 is 0. The van der Waals surface area contributed by atoms with Gasteiger partial charge in [-0.2, -0.15) is 0 Å². The second-order valence-corrected chi connectivity index (χ2v) is 5.15. The van der Waals surface area contributed by atoms with E-state index in [4.69, 9.17) is 17.3 Å². The minimum atomic E-state index is -0.000188. The molecule has 5 heteroatoms. The third kappa shape index (κ3) is 4.73. The van der Waals surface area contributed by atoms with Crippen LogP contribution in [0.25, 0.3) is 0 Å². The lowest BCUT2D eigenvalue weighted by Gasteiger charge is -2.25.